The molecule has 0 saturated carbocycles. The lowest BCUT2D eigenvalue weighted by Gasteiger charge is -2.18. The summed E-state index contributed by atoms with van der Waals surface area (Å²) >= 11 is 0. The van der Waals surface area contributed by atoms with E-state index in [2.05, 4.69) is 20.8 Å². The number of aliphatic carboxylic acids is 1. The van der Waals surface area contributed by atoms with E-state index in [9.17, 15) is 9.90 Å². The Kier molecular flexibility index (Phi) is 17.0. The van der Waals surface area contributed by atoms with E-state index in [1.165, 1.54) is 6.42 Å². The number of carboxylic acid groups (broad SMARTS) is 1. The molecule has 0 aromatic rings. The van der Waals surface area contributed by atoms with Crippen LogP contribution in [0.1, 0.15) is 79.6 Å². The van der Waals surface area contributed by atoms with Gasteiger partial charge in [-0.05, 0) is 38.5 Å². The van der Waals surface area contributed by atoms with E-state index in [0.29, 0.717) is 19.4 Å². The molecule has 2 atom stereocenters. The first-order valence-electron chi connectivity index (χ1n) is 8.34. The Labute approximate surface area is 130 Å². The number of ether oxygens (including phenoxy) is 1. The van der Waals surface area contributed by atoms with Crippen molar-refractivity contribution in [1.82, 2.24) is 0 Å². The van der Waals surface area contributed by atoms with Crippen LogP contribution in [0.15, 0.2) is 0 Å². The zero-order chi connectivity index (χ0) is 16.7. The van der Waals surface area contributed by atoms with Gasteiger partial charge in [0, 0.05) is 13.0 Å². The topological polar surface area (TPSA) is 66.8 Å². The van der Waals surface area contributed by atoms with E-state index in [1.807, 2.05) is 6.92 Å². The molecule has 0 heterocycles. The standard InChI is InChI=1S/C12H24O4.C5H12/c1-3-8-16-11(9-10(2)13)6-4-5-7-12(14)15;1-4-5(2)3/h10-11,13H,3-9H2,1-2H3,(H,14,15);5H,4H2,1-3H3. The summed E-state index contributed by atoms with van der Waals surface area (Å²) in [7, 11) is 0. The molecule has 0 radical (unpaired) electrons. The molecule has 0 aromatic carbocycles. The van der Waals surface area contributed by atoms with Crippen LogP contribution in [0.3, 0.4) is 0 Å². The van der Waals surface area contributed by atoms with Gasteiger partial charge in [-0.25, -0.2) is 0 Å². The van der Waals surface area contributed by atoms with E-state index in [1.54, 1.807) is 6.92 Å². The maximum Gasteiger partial charge on any atom is 0.303 e. The van der Waals surface area contributed by atoms with Crippen molar-refractivity contribution in [1.29, 1.82) is 0 Å². The highest BCUT2D eigenvalue weighted by atomic mass is 16.5. The number of aliphatic hydroxyl groups excluding tert-OH is 1. The minimum atomic E-state index is -0.749. The van der Waals surface area contributed by atoms with Gasteiger partial charge in [-0.2, -0.15) is 0 Å². The second kappa shape index (κ2) is 15.8. The van der Waals surface area contributed by atoms with Crippen LogP contribution in [0.25, 0.3) is 0 Å². The summed E-state index contributed by atoms with van der Waals surface area (Å²) in [4.78, 5) is 10.3. The number of rotatable bonds is 11. The van der Waals surface area contributed by atoms with Crippen molar-refractivity contribution in [3.05, 3.63) is 0 Å². The number of hydrogen-bond donors (Lipinski definition) is 2. The van der Waals surface area contributed by atoms with Crippen molar-refractivity contribution < 1.29 is 19.7 Å². The summed E-state index contributed by atoms with van der Waals surface area (Å²) in [5.41, 5.74) is 0. The van der Waals surface area contributed by atoms with Gasteiger partial charge < -0.3 is 14.9 Å². The summed E-state index contributed by atoms with van der Waals surface area (Å²) in [5.74, 6) is 0.136. The number of unbranched alkanes of at least 4 members (excludes halogenated alkanes) is 1. The SMILES string of the molecule is CCC(C)C.CCCOC(CCCCC(=O)O)CC(C)O. The number of carboxylic acids is 1. The van der Waals surface area contributed by atoms with E-state index < -0.39 is 5.97 Å². The molecule has 0 rings (SSSR count). The number of hydrogen-bond acceptors (Lipinski definition) is 3. The number of carbonyl (C=O) groups is 1. The molecule has 0 aliphatic rings. The molecule has 2 N–H and O–H groups in total. The summed E-state index contributed by atoms with van der Waals surface area (Å²) in [5, 5.41) is 17.8. The molecule has 0 aromatic heterocycles. The van der Waals surface area contributed by atoms with Crippen molar-refractivity contribution in [2.24, 2.45) is 5.92 Å². The van der Waals surface area contributed by atoms with Crippen LogP contribution in [0.4, 0.5) is 0 Å². The van der Waals surface area contributed by atoms with Gasteiger partial charge in [-0.3, -0.25) is 4.79 Å². The largest absolute Gasteiger partial charge is 0.481 e. The van der Waals surface area contributed by atoms with Crippen LogP contribution in [0.2, 0.25) is 0 Å². The highest BCUT2D eigenvalue weighted by Gasteiger charge is 2.12. The van der Waals surface area contributed by atoms with Crippen LogP contribution in [-0.4, -0.2) is 35.0 Å². The molecule has 21 heavy (non-hydrogen) atoms. The Morgan fingerprint density at radius 3 is 2.10 bits per heavy atom. The van der Waals surface area contributed by atoms with Gasteiger partial charge in [-0.15, -0.1) is 0 Å². The first kappa shape index (κ1) is 22.7. The molecule has 0 aliphatic heterocycles. The first-order valence-corrected chi connectivity index (χ1v) is 8.34. The monoisotopic (exact) mass is 304 g/mol. The van der Waals surface area contributed by atoms with E-state index in [-0.39, 0.29) is 18.6 Å². The summed E-state index contributed by atoms with van der Waals surface area (Å²) < 4.78 is 5.60. The molecular formula is C17H36O4. The molecule has 0 spiro atoms. The summed E-state index contributed by atoms with van der Waals surface area (Å²) in [6.07, 6.45) is 5.18. The van der Waals surface area contributed by atoms with E-state index in [0.717, 1.165) is 25.2 Å². The fourth-order valence-corrected chi connectivity index (χ4v) is 1.58. The third kappa shape index (κ3) is 21.8. The first-order chi connectivity index (χ1) is 9.83. The molecule has 128 valence electrons. The van der Waals surface area contributed by atoms with Gasteiger partial charge in [0.2, 0.25) is 0 Å². The molecule has 4 nitrogen and oxygen atoms in total. The Morgan fingerprint density at radius 2 is 1.71 bits per heavy atom. The van der Waals surface area contributed by atoms with Gasteiger partial charge in [-0.1, -0.05) is 40.5 Å². The van der Waals surface area contributed by atoms with Crippen LogP contribution in [0, 0.1) is 5.92 Å². The molecular weight excluding hydrogens is 268 g/mol. The molecule has 4 heteroatoms. The lowest BCUT2D eigenvalue weighted by molar-refractivity contribution is -0.137. The normalized spacial score (nSPS) is 13.5. The molecule has 0 fully saturated rings. The molecule has 2 unspecified atom stereocenters. The van der Waals surface area contributed by atoms with Crippen LogP contribution < -0.4 is 0 Å². The minimum Gasteiger partial charge on any atom is -0.481 e. The van der Waals surface area contributed by atoms with Gasteiger partial charge in [0.15, 0.2) is 0 Å². The smallest absolute Gasteiger partial charge is 0.303 e. The maximum atomic E-state index is 10.3. The average Bonchev–Trinajstić information content (AvgIpc) is 2.40. The van der Waals surface area contributed by atoms with Crippen molar-refractivity contribution in [3.8, 4) is 0 Å². The third-order valence-corrected chi connectivity index (χ3v) is 3.14. The second-order valence-electron chi connectivity index (χ2n) is 6.02. The average molecular weight is 304 g/mol. The number of aliphatic hydroxyl groups is 1. The van der Waals surface area contributed by atoms with Crippen molar-refractivity contribution in [2.45, 2.75) is 91.8 Å². The Balaban J connectivity index is 0. The zero-order valence-electron chi connectivity index (χ0n) is 14.6. The third-order valence-electron chi connectivity index (χ3n) is 3.14. The maximum absolute atomic E-state index is 10.3. The Bertz CT molecular complexity index is 227. The molecule has 0 amide bonds. The fraction of sp³-hybridized carbons (Fsp3) is 0.941. The van der Waals surface area contributed by atoms with Gasteiger partial charge in [0.1, 0.15) is 0 Å². The van der Waals surface area contributed by atoms with Crippen molar-refractivity contribution in [3.63, 3.8) is 0 Å². The lowest BCUT2D eigenvalue weighted by Crippen LogP contribution is -2.19. The minimum absolute atomic E-state index is 0.0637. The van der Waals surface area contributed by atoms with Crippen LogP contribution >= 0.6 is 0 Å². The molecule has 0 saturated heterocycles. The summed E-state index contributed by atoms with van der Waals surface area (Å²) in [6.45, 7) is 11.1. The lowest BCUT2D eigenvalue weighted by atomic mass is 10.1. The predicted octanol–water partition coefficient (Wildman–Crippen LogP) is 4.25. The van der Waals surface area contributed by atoms with Crippen LogP contribution in [-0.2, 0) is 9.53 Å². The predicted molar refractivity (Wildman–Crippen MR) is 87.6 cm³/mol. The van der Waals surface area contributed by atoms with Gasteiger partial charge in [0.05, 0.1) is 12.2 Å². The Hall–Kier alpha value is -0.610. The summed E-state index contributed by atoms with van der Waals surface area (Å²) in [6, 6.07) is 0. The second-order valence-corrected chi connectivity index (χ2v) is 6.02. The van der Waals surface area contributed by atoms with Gasteiger partial charge >= 0.3 is 5.97 Å². The van der Waals surface area contributed by atoms with E-state index >= 15 is 0 Å². The molecule has 0 aliphatic carbocycles. The van der Waals surface area contributed by atoms with Crippen LogP contribution in [0.5, 0.6) is 0 Å². The molecule has 0 bridgehead atoms. The highest BCUT2D eigenvalue weighted by molar-refractivity contribution is 5.66. The highest BCUT2D eigenvalue weighted by Crippen LogP contribution is 2.13. The zero-order valence-corrected chi connectivity index (χ0v) is 14.6. The quantitative estimate of drug-likeness (QED) is 0.560. The van der Waals surface area contributed by atoms with Crippen molar-refractivity contribution in [2.75, 3.05) is 6.61 Å². The van der Waals surface area contributed by atoms with E-state index in [4.69, 9.17) is 9.84 Å². The fourth-order valence-electron chi connectivity index (χ4n) is 1.58. The Morgan fingerprint density at radius 1 is 1.14 bits per heavy atom. The van der Waals surface area contributed by atoms with Crippen molar-refractivity contribution >= 4 is 5.97 Å². The van der Waals surface area contributed by atoms with Gasteiger partial charge in [0.25, 0.3) is 0 Å².